The van der Waals surface area contributed by atoms with Gasteiger partial charge in [0.05, 0.1) is 17.0 Å². The van der Waals surface area contributed by atoms with Crippen molar-refractivity contribution in [2.24, 2.45) is 0 Å². The number of rotatable bonds is 4. The van der Waals surface area contributed by atoms with Gasteiger partial charge in [-0.25, -0.2) is 4.68 Å². The molecule has 1 aromatic heterocycles. The molecule has 1 saturated heterocycles. The van der Waals surface area contributed by atoms with E-state index in [9.17, 15) is 5.11 Å². The number of benzene rings is 1. The average Bonchev–Trinajstić information content (AvgIpc) is 3.09. The Morgan fingerprint density at radius 2 is 2.00 bits per heavy atom. The van der Waals surface area contributed by atoms with Crippen molar-refractivity contribution in [3.63, 3.8) is 0 Å². The lowest BCUT2D eigenvalue weighted by molar-refractivity contribution is -0.00539. The van der Waals surface area contributed by atoms with Crippen molar-refractivity contribution in [1.29, 1.82) is 0 Å². The lowest BCUT2D eigenvalue weighted by atomic mass is 9.96. The highest BCUT2D eigenvalue weighted by Gasteiger charge is 2.35. The predicted molar refractivity (Wildman–Crippen MR) is 83.3 cm³/mol. The molecular formula is C17H23N3O. The van der Waals surface area contributed by atoms with E-state index < -0.39 is 5.60 Å². The summed E-state index contributed by atoms with van der Waals surface area (Å²) in [7, 11) is 0. The summed E-state index contributed by atoms with van der Waals surface area (Å²) in [4.78, 5) is 2.34. The summed E-state index contributed by atoms with van der Waals surface area (Å²) in [5.41, 5.74) is 1.47. The molecule has 3 rings (SSSR count). The molecule has 21 heavy (non-hydrogen) atoms. The number of para-hydroxylation sites is 1. The van der Waals surface area contributed by atoms with Crippen LogP contribution in [0.1, 0.15) is 32.4 Å². The zero-order valence-corrected chi connectivity index (χ0v) is 12.7. The number of hydrogen-bond acceptors (Lipinski definition) is 3. The first-order chi connectivity index (χ1) is 10.0. The molecule has 1 unspecified atom stereocenters. The molecule has 112 valence electrons. The molecule has 2 aromatic rings. The van der Waals surface area contributed by atoms with Crippen LogP contribution in [0.4, 0.5) is 0 Å². The molecule has 0 radical (unpaired) electrons. The number of hydrogen-bond donors (Lipinski definition) is 1. The molecule has 0 saturated carbocycles. The molecule has 1 aliphatic heterocycles. The fourth-order valence-electron chi connectivity index (χ4n) is 3.19. The minimum absolute atomic E-state index is 0.222. The molecule has 1 aliphatic rings. The Morgan fingerprint density at radius 3 is 2.71 bits per heavy atom. The largest absolute Gasteiger partial charge is 0.389 e. The van der Waals surface area contributed by atoms with Crippen molar-refractivity contribution in [2.45, 2.75) is 44.9 Å². The van der Waals surface area contributed by atoms with Gasteiger partial charge in [0.2, 0.25) is 0 Å². The fourth-order valence-corrected chi connectivity index (χ4v) is 3.19. The average molecular weight is 285 g/mol. The Balaban J connectivity index is 1.73. The second-order valence-corrected chi connectivity index (χ2v) is 6.37. The monoisotopic (exact) mass is 285 g/mol. The smallest absolute Gasteiger partial charge is 0.0769 e. The second kappa shape index (κ2) is 5.62. The Kier molecular flexibility index (Phi) is 3.83. The van der Waals surface area contributed by atoms with Crippen LogP contribution >= 0.6 is 0 Å². The maximum absolute atomic E-state index is 10.3. The van der Waals surface area contributed by atoms with Gasteiger partial charge in [-0.05, 0) is 51.4 Å². The normalized spacial score (nSPS) is 20.0. The van der Waals surface area contributed by atoms with Crippen molar-refractivity contribution >= 4 is 0 Å². The van der Waals surface area contributed by atoms with Crippen molar-refractivity contribution < 1.29 is 5.11 Å². The van der Waals surface area contributed by atoms with Gasteiger partial charge in [-0.1, -0.05) is 18.2 Å². The van der Waals surface area contributed by atoms with Crippen LogP contribution in [0.15, 0.2) is 42.6 Å². The summed E-state index contributed by atoms with van der Waals surface area (Å²) in [6.45, 7) is 5.64. The zero-order chi connectivity index (χ0) is 14.9. The van der Waals surface area contributed by atoms with Crippen LogP contribution in [-0.4, -0.2) is 38.0 Å². The van der Waals surface area contributed by atoms with Crippen molar-refractivity contribution in [2.75, 3.05) is 6.54 Å². The Morgan fingerprint density at radius 1 is 1.24 bits per heavy atom. The Labute approximate surface area is 126 Å². The summed E-state index contributed by atoms with van der Waals surface area (Å²) in [5, 5.41) is 14.9. The third kappa shape index (κ3) is 3.17. The standard InChI is InChI=1S/C17H23N3O/c1-17(2,21)16-9-6-11-19(16)13-14-10-12-20(18-14)15-7-4-3-5-8-15/h3-5,7-8,10,12,16,21H,6,9,11,13H2,1-2H3. The molecule has 1 N–H and O–H groups in total. The summed E-state index contributed by atoms with van der Waals surface area (Å²) in [6, 6.07) is 12.4. The van der Waals surface area contributed by atoms with E-state index in [0.29, 0.717) is 0 Å². The van der Waals surface area contributed by atoms with Gasteiger partial charge in [0, 0.05) is 18.8 Å². The molecule has 0 bridgehead atoms. The van der Waals surface area contributed by atoms with E-state index in [-0.39, 0.29) is 6.04 Å². The zero-order valence-electron chi connectivity index (χ0n) is 12.7. The van der Waals surface area contributed by atoms with Gasteiger partial charge >= 0.3 is 0 Å². The van der Waals surface area contributed by atoms with Crippen molar-refractivity contribution in [3.05, 3.63) is 48.3 Å². The minimum atomic E-state index is -0.654. The molecule has 1 aromatic carbocycles. The minimum Gasteiger partial charge on any atom is -0.389 e. The molecule has 0 aliphatic carbocycles. The van der Waals surface area contributed by atoms with E-state index >= 15 is 0 Å². The van der Waals surface area contributed by atoms with Gasteiger partial charge in [0.1, 0.15) is 0 Å². The van der Waals surface area contributed by atoms with Crippen LogP contribution < -0.4 is 0 Å². The summed E-state index contributed by atoms with van der Waals surface area (Å²) < 4.78 is 1.91. The third-order valence-electron chi connectivity index (χ3n) is 4.21. The third-order valence-corrected chi connectivity index (χ3v) is 4.21. The number of aromatic nitrogens is 2. The molecule has 0 spiro atoms. The summed E-state index contributed by atoms with van der Waals surface area (Å²) in [6.07, 6.45) is 4.21. The highest BCUT2D eigenvalue weighted by atomic mass is 16.3. The molecule has 0 amide bonds. The van der Waals surface area contributed by atoms with Gasteiger partial charge < -0.3 is 5.11 Å². The second-order valence-electron chi connectivity index (χ2n) is 6.37. The van der Waals surface area contributed by atoms with E-state index in [0.717, 1.165) is 37.3 Å². The van der Waals surface area contributed by atoms with E-state index in [1.54, 1.807) is 0 Å². The quantitative estimate of drug-likeness (QED) is 0.939. The fraction of sp³-hybridized carbons (Fsp3) is 0.471. The van der Waals surface area contributed by atoms with E-state index in [1.165, 1.54) is 0 Å². The molecule has 4 heteroatoms. The SMILES string of the molecule is CC(C)(O)C1CCCN1Cc1ccn(-c2ccccc2)n1. The lowest BCUT2D eigenvalue weighted by Crippen LogP contribution is -2.45. The maximum Gasteiger partial charge on any atom is 0.0769 e. The van der Waals surface area contributed by atoms with Gasteiger partial charge in [0.25, 0.3) is 0 Å². The molecule has 4 nitrogen and oxygen atoms in total. The maximum atomic E-state index is 10.3. The number of nitrogens with zero attached hydrogens (tertiary/aromatic N) is 3. The van der Waals surface area contributed by atoms with E-state index in [2.05, 4.69) is 16.1 Å². The number of likely N-dealkylation sites (tertiary alicyclic amines) is 1. The molecular weight excluding hydrogens is 262 g/mol. The van der Waals surface area contributed by atoms with Crippen LogP contribution in [-0.2, 0) is 6.54 Å². The summed E-state index contributed by atoms with van der Waals surface area (Å²) in [5.74, 6) is 0. The van der Waals surface area contributed by atoms with Crippen molar-refractivity contribution in [3.8, 4) is 5.69 Å². The van der Waals surface area contributed by atoms with Crippen LogP contribution in [0.25, 0.3) is 5.69 Å². The first-order valence-electron chi connectivity index (χ1n) is 7.60. The lowest BCUT2D eigenvalue weighted by Gasteiger charge is -2.33. The van der Waals surface area contributed by atoms with Crippen LogP contribution in [0.2, 0.25) is 0 Å². The molecule has 1 fully saturated rings. The van der Waals surface area contributed by atoms with Crippen LogP contribution in [0.3, 0.4) is 0 Å². The Hall–Kier alpha value is -1.65. The summed E-state index contributed by atoms with van der Waals surface area (Å²) >= 11 is 0. The topological polar surface area (TPSA) is 41.3 Å². The highest BCUT2D eigenvalue weighted by Crippen LogP contribution is 2.27. The Bertz CT molecular complexity index is 586. The van der Waals surface area contributed by atoms with E-state index in [1.807, 2.05) is 55.1 Å². The van der Waals surface area contributed by atoms with E-state index in [4.69, 9.17) is 0 Å². The first kappa shape index (κ1) is 14.3. The van der Waals surface area contributed by atoms with Gasteiger partial charge in [-0.3, -0.25) is 4.90 Å². The highest BCUT2D eigenvalue weighted by molar-refractivity contribution is 5.30. The molecule has 2 heterocycles. The van der Waals surface area contributed by atoms with Gasteiger partial charge in [0.15, 0.2) is 0 Å². The van der Waals surface area contributed by atoms with Gasteiger partial charge in [-0.2, -0.15) is 5.10 Å². The molecule has 1 atom stereocenters. The van der Waals surface area contributed by atoms with Crippen molar-refractivity contribution in [1.82, 2.24) is 14.7 Å². The van der Waals surface area contributed by atoms with Gasteiger partial charge in [-0.15, -0.1) is 0 Å². The first-order valence-corrected chi connectivity index (χ1v) is 7.60. The van der Waals surface area contributed by atoms with Crippen LogP contribution in [0, 0.1) is 0 Å². The van der Waals surface area contributed by atoms with Crippen LogP contribution in [0.5, 0.6) is 0 Å². The number of aliphatic hydroxyl groups is 1. The predicted octanol–water partition coefficient (Wildman–Crippen LogP) is 2.61.